The van der Waals surface area contributed by atoms with E-state index in [0.29, 0.717) is 5.91 Å². The van der Waals surface area contributed by atoms with Gasteiger partial charge < -0.3 is 4.90 Å². The summed E-state index contributed by atoms with van der Waals surface area (Å²) in [6, 6.07) is 6.52. The van der Waals surface area contributed by atoms with Crippen molar-refractivity contribution in [3.05, 3.63) is 29.3 Å². The lowest BCUT2D eigenvalue weighted by Gasteiger charge is -2.33. The molecule has 1 aliphatic carbocycles. The topological polar surface area (TPSA) is 20.3 Å². The van der Waals surface area contributed by atoms with Gasteiger partial charge in [0.1, 0.15) is 0 Å². The summed E-state index contributed by atoms with van der Waals surface area (Å²) in [5.41, 5.74) is 3.83. The summed E-state index contributed by atoms with van der Waals surface area (Å²) >= 11 is 0. The molecule has 102 valence electrons. The molecule has 1 aromatic carbocycles. The predicted octanol–water partition coefficient (Wildman–Crippen LogP) is 3.85. The highest BCUT2D eigenvalue weighted by atomic mass is 16.2. The van der Waals surface area contributed by atoms with E-state index in [1.807, 2.05) is 0 Å². The van der Waals surface area contributed by atoms with Crippen LogP contribution in [0.4, 0.5) is 5.69 Å². The van der Waals surface area contributed by atoms with Gasteiger partial charge in [-0.15, -0.1) is 0 Å². The van der Waals surface area contributed by atoms with Gasteiger partial charge in [0.25, 0.3) is 0 Å². The monoisotopic (exact) mass is 257 g/mol. The summed E-state index contributed by atoms with van der Waals surface area (Å²) in [7, 11) is 0. The van der Waals surface area contributed by atoms with Gasteiger partial charge in [0.15, 0.2) is 0 Å². The van der Waals surface area contributed by atoms with Crippen LogP contribution in [0.25, 0.3) is 0 Å². The molecular formula is C17H23NO. The van der Waals surface area contributed by atoms with Crippen LogP contribution in [0.5, 0.6) is 0 Å². The Kier molecular flexibility index (Phi) is 3.58. The molecule has 1 amide bonds. The standard InChI is InChI=1S/C17H23NO/c1-13-9-10-16-15(12-13)8-5-11-18(16)17(19)14-6-3-2-4-7-14/h9-10,12,14H,2-8,11H2,1H3. The molecule has 0 bridgehead atoms. The Morgan fingerprint density at radius 1 is 1.16 bits per heavy atom. The molecule has 0 atom stereocenters. The van der Waals surface area contributed by atoms with Crippen LogP contribution in [-0.4, -0.2) is 12.5 Å². The predicted molar refractivity (Wildman–Crippen MR) is 78.4 cm³/mol. The number of nitrogens with zero attached hydrogens (tertiary/aromatic N) is 1. The molecule has 1 aromatic rings. The molecule has 0 unspecified atom stereocenters. The minimum absolute atomic E-state index is 0.279. The Morgan fingerprint density at radius 3 is 2.74 bits per heavy atom. The number of hydrogen-bond donors (Lipinski definition) is 0. The van der Waals surface area contributed by atoms with E-state index in [9.17, 15) is 4.79 Å². The van der Waals surface area contributed by atoms with Crippen molar-refractivity contribution in [3.63, 3.8) is 0 Å². The third-order valence-electron chi connectivity index (χ3n) is 4.57. The Balaban J connectivity index is 1.84. The van der Waals surface area contributed by atoms with Crippen LogP contribution in [0, 0.1) is 12.8 Å². The van der Waals surface area contributed by atoms with Crippen molar-refractivity contribution in [2.75, 3.05) is 11.4 Å². The van der Waals surface area contributed by atoms with Crippen LogP contribution in [0.15, 0.2) is 18.2 Å². The van der Waals surface area contributed by atoms with Gasteiger partial charge in [0.05, 0.1) is 0 Å². The molecule has 1 heterocycles. The van der Waals surface area contributed by atoms with E-state index in [1.54, 1.807) is 0 Å². The van der Waals surface area contributed by atoms with Gasteiger partial charge in [0, 0.05) is 18.2 Å². The van der Waals surface area contributed by atoms with E-state index in [1.165, 1.54) is 36.1 Å². The fourth-order valence-electron chi connectivity index (χ4n) is 3.52. The third kappa shape index (κ3) is 2.54. The number of aryl methyl sites for hydroxylation is 2. The van der Waals surface area contributed by atoms with E-state index in [-0.39, 0.29) is 5.92 Å². The van der Waals surface area contributed by atoms with Crippen LogP contribution in [0.1, 0.15) is 49.7 Å². The molecule has 1 saturated carbocycles. The first kappa shape index (κ1) is 12.7. The molecule has 1 aliphatic heterocycles. The van der Waals surface area contributed by atoms with Gasteiger partial charge in [-0.05, 0) is 44.2 Å². The van der Waals surface area contributed by atoms with Crippen molar-refractivity contribution in [3.8, 4) is 0 Å². The summed E-state index contributed by atoms with van der Waals surface area (Å²) in [4.78, 5) is 14.8. The van der Waals surface area contributed by atoms with E-state index in [2.05, 4.69) is 30.0 Å². The second-order valence-electron chi connectivity index (χ2n) is 6.06. The summed E-state index contributed by atoms with van der Waals surface area (Å²) in [6.45, 7) is 3.04. The highest BCUT2D eigenvalue weighted by Crippen LogP contribution is 2.32. The quantitative estimate of drug-likeness (QED) is 0.748. The molecule has 0 aromatic heterocycles. The van der Waals surface area contributed by atoms with Gasteiger partial charge in [0.2, 0.25) is 5.91 Å². The number of benzene rings is 1. The van der Waals surface area contributed by atoms with Crippen molar-refractivity contribution in [2.24, 2.45) is 5.92 Å². The lowest BCUT2D eigenvalue weighted by Crippen LogP contribution is -2.40. The van der Waals surface area contributed by atoms with Crippen LogP contribution in [0.3, 0.4) is 0 Å². The zero-order valence-electron chi connectivity index (χ0n) is 11.8. The molecule has 2 heteroatoms. The second kappa shape index (κ2) is 5.36. The molecule has 0 spiro atoms. The second-order valence-corrected chi connectivity index (χ2v) is 6.06. The van der Waals surface area contributed by atoms with Gasteiger partial charge in [-0.25, -0.2) is 0 Å². The third-order valence-corrected chi connectivity index (χ3v) is 4.57. The van der Waals surface area contributed by atoms with Gasteiger partial charge in [-0.2, -0.15) is 0 Å². The number of carbonyl (C=O) groups excluding carboxylic acids is 1. The molecule has 2 nitrogen and oxygen atoms in total. The van der Waals surface area contributed by atoms with Crippen molar-refractivity contribution < 1.29 is 4.79 Å². The zero-order valence-corrected chi connectivity index (χ0v) is 11.8. The molecule has 3 rings (SSSR count). The Bertz CT molecular complexity index is 474. The van der Waals surface area contributed by atoms with Crippen LogP contribution in [-0.2, 0) is 11.2 Å². The maximum Gasteiger partial charge on any atom is 0.230 e. The number of carbonyl (C=O) groups is 1. The van der Waals surface area contributed by atoms with Crippen LogP contribution < -0.4 is 4.90 Å². The molecule has 2 aliphatic rings. The molecule has 0 saturated heterocycles. The highest BCUT2D eigenvalue weighted by Gasteiger charge is 2.29. The zero-order chi connectivity index (χ0) is 13.2. The normalized spacial score (nSPS) is 20.2. The van der Waals surface area contributed by atoms with Gasteiger partial charge in [-0.3, -0.25) is 4.79 Å². The van der Waals surface area contributed by atoms with Gasteiger partial charge in [-0.1, -0.05) is 37.0 Å². The average Bonchev–Trinajstić information content (AvgIpc) is 2.46. The Hall–Kier alpha value is -1.31. The Labute approximate surface area is 115 Å². The maximum absolute atomic E-state index is 12.7. The van der Waals surface area contributed by atoms with E-state index in [0.717, 1.165) is 32.2 Å². The number of rotatable bonds is 1. The van der Waals surface area contributed by atoms with E-state index < -0.39 is 0 Å². The fraction of sp³-hybridized carbons (Fsp3) is 0.588. The largest absolute Gasteiger partial charge is 0.312 e. The molecular weight excluding hydrogens is 234 g/mol. The highest BCUT2D eigenvalue weighted by molar-refractivity contribution is 5.96. The molecule has 0 N–H and O–H groups in total. The first-order valence-corrected chi connectivity index (χ1v) is 7.66. The SMILES string of the molecule is Cc1ccc2c(c1)CCCN2C(=O)C1CCCCC1. The lowest BCUT2D eigenvalue weighted by atomic mass is 9.87. The van der Waals surface area contributed by atoms with Crippen molar-refractivity contribution >= 4 is 11.6 Å². The van der Waals surface area contributed by atoms with Crippen molar-refractivity contribution in [1.29, 1.82) is 0 Å². The lowest BCUT2D eigenvalue weighted by molar-refractivity contribution is -0.123. The van der Waals surface area contributed by atoms with E-state index >= 15 is 0 Å². The first-order chi connectivity index (χ1) is 9.25. The van der Waals surface area contributed by atoms with Crippen LogP contribution in [0.2, 0.25) is 0 Å². The number of anilines is 1. The summed E-state index contributed by atoms with van der Waals surface area (Å²) in [5.74, 6) is 0.658. The summed E-state index contributed by atoms with van der Waals surface area (Å²) < 4.78 is 0. The smallest absolute Gasteiger partial charge is 0.230 e. The van der Waals surface area contributed by atoms with Crippen molar-refractivity contribution in [2.45, 2.75) is 51.9 Å². The van der Waals surface area contributed by atoms with Crippen LogP contribution >= 0.6 is 0 Å². The molecule has 0 radical (unpaired) electrons. The summed E-state index contributed by atoms with van der Waals surface area (Å²) in [6.07, 6.45) is 8.17. The Morgan fingerprint density at radius 2 is 1.95 bits per heavy atom. The van der Waals surface area contributed by atoms with E-state index in [4.69, 9.17) is 0 Å². The minimum atomic E-state index is 0.279. The number of amides is 1. The average molecular weight is 257 g/mol. The number of fused-ring (bicyclic) bond motifs is 1. The first-order valence-electron chi connectivity index (χ1n) is 7.66. The maximum atomic E-state index is 12.7. The van der Waals surface area contributed by atoms with Crippen molar-refractivity contribution in [1.82, 2.24) is 0 Å². The van der Waals surface area contributed by atoms with Gasteiger partial charge >= 0.3 is 0 Å². The number of hydrogen-bond acceptors (Lipinski definition) is 1. The minimum Gasteiger partial charge on any atom is -0.312 e. The molecule has 1 fully saturated rings. The molecule has 19 heavy (non-hydrogen) atoms. The summed E-state index contributed by atoms with van der Waals surface area (Å²) in [5, 5.41) is 0. The fourth-order valence-corrected chi connectivity index (χ4v) is 3.52.